The summed E-state index contributed by atoms with van der Waals surface area (Å²) in [6.45, 7) is 2.02. The van der Waals surface area contributed by atoms with Crippen molar-refractivity contribution in [1.82, 2.24) is 19.7 Å². The molecule has 1 aromatic carbocycles. The minimum atomic E-state index is -0.171. The number of carbonyl (C=O) groups is 1. The normalized spacial score (nSPS) is 10.7. The van der Waals surface area contributed by atoms with E-state index in [0.29, 0.717) is 18.1 Å². The number of anilines is 2. The Kier molecular flexibility index (Phi) is 7.02. The first-order valence-corrected chi connectivity index (χ1v) is 11.0. The van der Waals surface area contributed by atoms with Gasteiger partial charge >= 0.3 is 0 Å². The van der Waals surface area contributed by atoms with Crippen LogP contribution >= 0.6 is 11.5 Å². The summed E-state index contributed by atoms with van der Waals surface area (Å²) in [5.74, 6) is 1.42. The first-order valence-electron chi connectivity index (χ1n) is 10.3. The summed E-state index contributed by atoms with van der Waals surface area (Å²) < 4.78 is 5.62. The smallest absolute Gasteiger partial charge is 0.269 e. The second-order valence-corrected chi connectivity index (χ2v) is 7.81. The molecule has 8 heteroatoms. The lowest BCUT2D eigenvalue weighted by Crippen LogP contribution is -2.26. The van der Waals surface area contributed by atoms with Gasteiger partial charge in [0.15, 0.2) is 0 Å². The first kappa shape index (κ1) is 20.7. The standard InChI is InChI=1S/C23H24N6OS/c30-23(27-14-5-13-26-22-18-7-1-2-9-20(18)31-29-22)19-8-3-10-21(28-19)25-15-11-17-6-4-12-24-16-17/h1-4,6-10,12,16H,5,11,13-15H2,(H,25,28)(H,26,29)(H,27,30). The molecule has 0 saturated carbocycles. The lowest BCUT2D eigenvalue weighted by atomic mass is 10.2. The largest absolute Gasteiger partial charge is 0.370 e. The average Bonchev–Trinajstić information content (AvgIpc) is 3.23. The number of rotatable bonds is 10. The second kappa shape index (κ2) is 10.5. The maximum atomic E-state index is 12.4. The van der Waals surface area contributed by atoms with Crippen LogP contribution in [0.4, 0.5) is 11.6 Å². The third-order valence-corrected chi connectivity index (χ3v) is 5.56. The van der Waals surface area contributed by atoms with Crippen LogP contribution in [0.5, 0.6) is 0 Å². The van der Waals surface area contributed by atoms with Crippen molar-refractivity contribution in [2.75, 3.05) is 30.3 Å². The number of nitrogens with zero attached hydrogens (tertiary/aromatic N) is 3. The van der Waals surface area contributed by atoms with E-state index in [1.165, 1.54) is 16.2 Å². The van der Waals surface area contributed by atoms with Gasteiger partial charge in [0, 0.05) is 37.4 Å². The molecule has 3 N–H and O–H groups in total. The molecule has 0 atom stereocenters. The fourth-order valence-corrected chi connectivity index (χ4v) is 3.90. The summed E-state index contributed by atoms with van der Waals surface area (Å²) in [7, 11) is 0. The fraction of sp³-hybridized carbons (Fsp3) is 0.217. The minimum Gasteiger partial charge on any atom is -0.370 e. The van der Waals surface area contributed by atoms with Crippen molar-refractivity contribution in [3.8, 4) is 0 Å². The van der Waals surface area contributed by atoms with Gasteiger partial charge in [-0.05, 0) is 60.3 Å². The van der Waals surface area contributed by atoms with Crippen LogP contribution in [0.1, 0.15) is 22.5 Å². The Labute approximate surface area is 185 Å². The van der Waals surface area contributed by atoms with Crippen molar-refractivity contribution in [2.24, 2.45) is 0 Å². The van der Waals surface area contributed by atoms with Gasteiger partial charge in [-0.3, -0.25) is 9.78 Å². The molecule has 3 heterocycles. The van der Waals surface area contributed by atoms with Crippen LogP contribution in [0.15, 0.2) is 67.0 Å². The zero-order chi connectivity index (χ0) is 21.3. The van der Waals surface area contributed by atoms with Crippen molar-refractivity contribution in [2.45, 2.75) is 12.8 Å². The van der Waals surface area contributed by atoms with Crippen LogP contribution in [0.3, 0.4) is 0 Å². The van der Waals surface area contributed by atoms with Gasteiger partial charge in [0.05, 0.1) is 4.70 Å². The highest BCUT2D eigenvalue weighted by atomic mass is 32.1. The number of pyridine rings is 2. The van der Waals surface area contributed by atoms with E-state index in [4.69, 9.17) is 0 Å². The topological polar surface area (TPSA) is 91.8 Å². The summed E-state index contributed by atoms with van der Waals surface area (Å²) >= 11 is 1.49. The molecule has 3 aromatic heterocycles. The van der Waals surface area contributed by atoms with Gasteiger partial charge in [-0.15, -0.1) is 0 Å². The van der Waals surface area contributed by atoms with E-state index in [2.05, 4.69) is 42.4 Å². The number of fused-ring (bicyclic) bond motifs is 1. The molecule has 0 aliphatic heterocycles. The summed E-state index contributed by atoms with van der Waals surface area (Å²) in [5.41, 5.74) is 1.56. The number of aromatic nitrogens is 3. The van der Waals surface area contributed by atoms with Crippen LogP contribution in [0, 0.1) is 0 Å². The number of amides is 1. The van der Waals surface area contributed by atoms with E-state index in [1.54, 1.807) is 12.3 Å². The molecule has 7 nitrogen and oxygen atoms in total. The highest BCUT2D eigenvalue weighted by molar-refractivity contribution is 7.13. The Hall–Kier alpha value is -3.52. The minimum absolute atomic E-state index is 0.171. The second-order valence-electron chi connectivity index (χ2n) is 7.01. The fourth-order valence-electron chi connectivity index (χ4n) is 3.14. The highest BCUT2D eigenvalue weighted by Crippen LogP contribution is 2.25. The zero-order valence-corrected chi connectivity index (χ0v) is 17.9. The Morgan fingerprint density at radius 2 is 1.87 bits per heavy atom. The van der Waals surface area contributed by atoms with Crippen LogP contribution in [-0.4, -0.2) is 39.9 Å². The molecule has 4 aromatic rings. The van der Waals surface area contributed by atoms with E-state index >= 15 is 0 Å². The first-order chi connectivity index (χ1) is 15.3. The molecule has 0 aliphatic rings. The summed E-state index contributed by atoms with van der Waals surface area (Å²) in [4.78, 5) is 20.9. The zero-order valence-electron chi connectivity index (χ0n) is 17.0. The van der Waals surface area contributed by atoms with Crippen LogP contribution in [0.2, 0.25) is 0 Å². The number of carbonyl (C=O) groups excluding carboxylic acids is 1. The number of hydrogen-bond acceptors (Lipinski definition) is 7. The summed E-state index contributed by atoms with van der Waals surface area (Å²) in [5, 5.41) is 10.7. The van der Waals surface area contributed by atoms with E-state index in [-0.39, 0.29) is 5.91 Å². The molecule has 158 valence electrons. The maximum Gasteiger partial charge on any atom is 0.269 e. The molecular weight excluding hydrogens is 408 g/mol. The third-order valence-electron chi connectivity index (χ3n) is 4.73. The molecule has 0 bridgehead atoms. The molecule has 0 radical (unpaired) electrons. The molecule has 0 spiro atoms. The van der Waals surface area contributed by atoms with Gasteiger partial charge in [0.25, 0.3) is 5.91 Å². The van der Waals surface area contributed by atoms with Crippen molar-refractivity contribution in [3.05, 3.63) is 78.2 Å². The summed E-state index contributed by atoms with van der Waals surface area (Å²) in [6, 6.07) is 17.5. The molecule has 0 fully saturated rings. The van der Waals surface area contributed by atoms with Crippen LogP contribution < -0.4 is 16.0 Å². The molecule has 1 amide bonds. The maximum absolute atomic E-state index is 12.4. The van der Waals surface area contributed by atoms with Gasteiger partial charge < -0.3 is 16.0 Å². The monoisotopic (exact) mass is 432 g/mol. The van der Waals surface area contributed by atoms with Gasteiger partial charge in [0.1, 0.15) is 17.3 Å². The third kappa shape index (κ3) is 5.76. The van der Waals surface area contributed by atoms with E-state index in [1.807, 2.05) is 42.6 Å². The lowest BCUT2D eigenvalue weighted by Gasteiger charge is -2.09. The Bertz CT molecular complexity index is 1130. The van der Waals surface area contributed by atoms with Crippen molar-refractivity contribution < 1.29 is 4.79 Å². The summed E-state index contributed by atoms with van der Waals surface area (Å²) in [6.07, 6.45) is 5.25. The van der Waals surface area contributed by atoms with E-state index < -0.39 is 0 Å². The predicted molar refractivity (Wildman–Crippen MR) is 126 cm³/mol. The highest BCUT2D eigenvalue weighted by Gasteiger charge is 2.08. The molecule has 4 rings (SSSR count). The SMILES string of the molecule is O=C(NCCCNc1nsc2ccccc12)c1cccc(NCCc2cccnc2)n1. The quantitative estimate of drug-likeness (QED) is 0.329. The average molecular weight is 433 g/mol. The molecule has 0 aliphatic carbocycles. The van der Waals surface area contributed by atoms with Gasteiger partial charge in [-0.2, -0.15) is 4.37 Å². The Morgan fingerprint density at radius 3 is 2.77 bits per heavy atom. The van der Waals surface area contributed by atoms with E-state index in [9.17, 15) is 4.79 Å². The van der Waals surface area contributed by atoms with Gasteiger partial charge in [0.2, 0.25) is 0 Å². The van der Waals surface area contributed by atoms with Crippen LogP contribution in [0.25, 0.3) is 10.1 Å². The predicted octanol–water partition coefficient (Wildman–Crippen LogP) is 3.97. The van der Waals surface area contributed by atoms with Crippen molar-refractivity contribution in [3.63, 3.8) is 0 Å². The molecule has 0 unspecified atom stereocenters. The van der Waals surface area contributed by atoms with Crippen LogP contribution in [-0.2, 0) is 6.42 Å². The molecule has 0 saturated heterocycles. The number of hydrogen-bond donors (Lipinski definition) is 3. The van der Waals surface area contributed by atoms with E-state index in [0.717, 1.165) is 42.7 Å². The number of nitrogens with one attached hydrogen (secondary N) is 3. The lowest BCUT2D eigenvalue weighted by molar-refractivity contribution is 0.0948. The van der Waals surface area contributed by atoms with Crippen molar-refractivity contribution in [1.29, 1.82) is 0 Å². The Balaban J connectivity index is 1.19. The molecular formula is C23H24N6OS. The van der Waals surface area contributed by atoms with Crippen molar-refractivity contribution >= 4 is 39.2 Å². The van der Waals surface area contributed by atoms with Gasteiger partial charge in [-0.1, -0.05) is 24.3 Å². The Morgan fingerprint density at radius 1 is 0.935 bits per heavy atom. The molecule has 31 heavy (non-hydrogen) atoms. The number of benzene rings is 1. The van der Waals surface area contributed by atoms with Gasteiger partial charge in [-0.25, -0.2) is 4.98 Å².